The predicted molar refractivity (Wildman–Crippen MR) is 88.7 cm³/mol. The molecule has 0 bridgehead atoms. The van der Waals surface area contributed by atoms with Crippen molar-refractivity contribution in [1.82, 2.24) is 10.3 Å². The summed E-state index contributed by atoms with van der Waals surface area (Å²) in [5.41, 5.74) is 3.22. The van der Waals surface area contributed by atoms with Gasteiger partial charge in [-0.1, -0.05) is 32.0 Å². The maximum atomic E-state index is 5.11. The minimum Gasteiger partial charge on any atom is -0.383 e. The fourth-order valence-electron chi connectivity index (χ4n) is 2.24. The van der Waals surface area contributed by atoms with Crippen LogP contribution in [0.2, 0.25) is 0 Å². The Morgan fingerprint density at radius 3 is 2.81 bits per heavy atom. The molecular formula is C17H25N3O. The van der Waals surface area contributed by atoms with E-state index in [-0.39, 0.29) is 0 Å². The quantitative estimate of drug-likeness (QED) is 0.733. The fourth-order valence-corrected chi connectivity index (χ4v) is 2.24. The molecule has 0 saturated carbocycles. The summed E-state index contributed by atoms with van der Waals surface area (Å²) in [4.78, 5) is 4.73. The van der Waals surface area contributed by atoms with Gasteiger partial charge in [-0.25, -0.2) is 0 Å². The number of benzene rings is 1. The van der Waals surface area contributed by atoms with Gasteiger partial charge in [-0.2, -0.15) is 0 Å². The fraction of sp³-hybridized carbons (Fsp3) is 0.471. The molecular weight excluding hydrogens is 262 g/mol. The molecule has 114 valence electrons. The first-order valence-corrected chi connectivity index (χ1v) is 7.53. The average molecular weight is 287 g/mol. The van der Waals surface area contributed by atoms with Crippen molar-refractivity contribution < 1.29 is 4.74 Å². The predicted octanol–water partition coefficient (Wildman–Crippen LogP) is 3.04. The first kappa shape index (κ1) is 15.7. The van der Waals surface area contributed by atoms with Crippen molar-refractivity contribution in [2.45, 2.75) is 20.4 Å². The second-order valence-electron chi connectivity index (χ2n) is 5.62. The van der Waals surface area contributed by atoms with Crippen LogP contribution in [-0.4, -0.2) is 31.8 Å². The smallest absolute Gasteiger partial charge is 0.0726 e. The zero-order chi connectivity index (χ0) is 15.1. The van der Waals surface area contributed by atoms with Crippen molar-refractivity contribution in [2.24, 2.45) is 5.92 Å². The Balaban J connectivity index is 2.17. The summed E-state index contributed by atoms with van der Waals surface area (Å²) in [5.74, 6) is 0.643. The summed E-state index contributed by atoms with van der Waals surface area (Å²) in [7, 11) is 1.72. The molecule has 0 fully saturated rings. The number of nitrogens with one attached hydrogen (secondary N) is 2. The lowest BCUT2D eigenvalue weighted by molar-refractivity contribution is 0.211. The number of ether oxygens (including phenoxy) is 1. The van der Waals surface area contributed by atoms with Crippen molar-refractivity contribution in [1.29, 1.82) is 0 Å². The standard InChI is InChI=1S/C17H25N3O/c1-13(2)11-18-12-14-10-17(19-8-9-21-3)15-6-4-5-7-16(15)20-14/h4-7,10,13,18H,8-9,11-12H2,1-3H3,(H,19,20). The Kier molecular flexibility index (Phi) is 5.96. The number of methoxy groups -OCH3 is 1. The third kappa shape index (κ3) is 4.69. The van der Waals surface area contributed by atoms with Gasteiger partial charge in [0.1, 0.15) is 0 Å². The largest absolute Gasteiger partial charge is 0.383 e. The van der Waals surface area contributed by atoms with Gasteiger partial charge < -0.3 is 15.4 Å². The maximum absolute atomic E-state index is 5.11. The number of hydrogen-bond donors (Lipinski definition) is 2. The van der Waals surface area contributed by atoms with Gasteiger partial charge in [-0.15, -0.1) is 0 Å². The summed E-state index contributed by atoms with van der Waals surface area (Å²) in [6.07, 6.45) is 0. The van der Waals surface area contributed by atoms with Crippen molar-refractivity contribution in [2.75, 3.05) is 32.1 Å². The summed E-state index contributed by atoms with van der Waals surface area (Å²) in [6, 6.07) is 10.4. The van der Waals surface area contributed by atoms with E-state index in [1.807, 2.05) is 12.1 Å². The molecule has 1 aromatic carbocycles. The van der Waals surface area contributed by atoms with Crippen molar-refractivity contribution in [3.63, 3.8) is 0 Å². The SMILES string of the molecule is COCCNc1cc(CNCC(C)C)nc2ccccc12. The molecule has 4 nitrogen and oxygen atoms in total. The molecule has 0 spiro atoms. The van der Waals surface area contributed by atoms with Gasteiger partial charge in [0.2, 0.25) is 0 Å². The molecule has 0 atom stereocenters. The minimum atomic E-state index is 0.643. The van der Waals surface area contributed by atoms with Crippen LogP contribution < -0.4 is 10.6 Å². The maximum Gasteiger partial charge on any atom is 0.0726 e. The van der Waals surface area contributed by atoms with Gasteiger partial charge >= 0.3 is 0 Å². The van der Waals surface area contributed by atoms with Crippen molar-refractivity contribution >= 4 is 16.6 Å². The van der Waals surface area contributed by atoms with E-state index in [9.17, 15) is 0 Å². The van der Waals surface area contributed by atoms with Crippen LogP contribution in [0, 0.1) is 5.92 Å². The Hall–Kier alpha value is -1.65. The van der Waals surface area contributed by atoms with Crippen LogP contribution >= 0.6 is 0 Å². The summed E-state index contributed by atoms with van der Waals surface area (Å²) < 4.78 is 5.11. The second kappa shape index (κ2) is 7.96. The summed E-state index contributed by atoms with van der Waals surface area (Å²) >= 11 is 0. The number of pyridine rings is 1. The number of nitrogens with zero attached hydrogens (tertiary/aromatic N) is 1. The molecule has 0 radical (unpaired) electrons. The van der Waals surface area contributed by atoms with E-state index in [1.54, 1.807) is 7.11 Å². The first-order chi connectivity index (χ1) is 10.2. The lowest BCUT2D eigenvalue weighted by Crippen LogP contribution is -2.20. The molecule has 2 aromatic rings. The summed E-state index contributed by atoms with van der Waals surface area (Å²) in [5, 5.41) is 8.03. The number of para-hydroxylation sites is 1. The van der Waals surface area contributed by atoms with E-state index >= 15 is 0 Å². The third-order valence-corrected chi connectivity index (χ3v) is 3.25. The van der Waals surface area contributed by atoms with Gasteiger partial charge in [-0.05, 0) is 24.6 Å². The molecule has 0 amide bonds. The number of anilines is 1. The molecule has 0 aliphatic carbocycles. The Bertz CT molecular complexity index is 569. The third-order valence-electron chi connectivity index (χ3n) is 3.25. The van der Waals surface area contributed by atoms with E-state index in [0.717, 1.165) is 41.9 Å². The zero-order valence-electron chi connectivity index (χ0n) is 13.1. The van der Waals surface area contributed by atoms with Crippen molar-refractivity contribution in [3.05, 3.63) is 36.0 Å². The molecule has 2 N–H and O–H groups in total. The van der Waals surface area contributed by atoms with Crippen LogP contribution in [-0.2, 0) is 11.3 Å². The molecule has 0 aliphatic heterocycles. The van der Waals surface area contributed by atoms with Crippen LogP contribution in [0.4, 0.5) is 5.69 Å². The lowest BCUT2D eigenvalue weighted by atomic mass is 10.1. The average Bonchev–Trinajstić information content (AvgIpc) is 2.47. The van der Waals surface area contributed by atoms with Gasteiger partial charge in [0.05, 0.1) is 17.8 Å². The van der Waals surface area contributed by atoms with Gasteiger partial charge in [-0.3, -0.25) is 4.98 Å². The highest BCUT2D eigenvalue weighted by atomic mass is 16.5. The lowest BCUT2D eigenvalue weighted by Gasteiger charge is -2.13. The van der Waals surface area contributed by atoms with Crippen LogP contribution in [0.15, 0.2) is 30.3 Å². The Morgan fingerprint density at radius 2 is 2.05 bits per heavy atom. The molecule has 0 saturated heterocycles. The first-order valence-electron chi connectivity index (χ1n) is 7.53. The Labute approximate surface area is 126 Å². The Morgan fingerprint density at radius 1 is 1.24 bits per heavy atom. The highest BCUT2D eigenvalue weighted by molar-refractivity contribution is 5.91. The van der Waals surface area contributed by atoms with Crippen LogP contribution in [0.3, 0.4) is 0 Å². The monoisotopic (exact) mass is 287 g/mol. The molecule has 1 heterocycles. The molecule has 21 heavy (non-hydrogen) atoms. The summed E-state index contributed by atoms with van der Waals surface area (Å²) in [6.45, 7) is 7.70. The van der Waals surface area contributed by atoms with Crippen LogP contribution in [0.25, 0.3) is 10.9 Å². The highest BCUT2D eigenvalue weighted by Crippen LogP contribution is 2.23. The van der Waals surface area contributed by atoms with Crippen LogP contribution in [0.1, 0.15) is 19.5 Å². The molecule has 1 aromatic heterocycles. The van der Waals surface area contributed by atoms with Gasteiger partial charge in [0.15, 0.2) is 0 Å². The van der Waals surface area contributed by atoms with E-state index in [1.165, 1.54) is 0 Å². The van der Waals surface area contributed by atoms with E-state index < -0.39 is 0 Å². The molecule has 4 heteroatoms. The van der Waals surface area contributed by atoms with E-state index in [0.29, 0.717) is 12.5 Å². The molecule has 0 aliphatic rings. The zero-order valence-corrected chi connectivity index (χ0v) is 13.1. The molecule has 0 unspecified atom stereocenters. The van der Waals surface area contributed by atoms with Crippen molar-refractivity contribution in [3.8, 4) is 0 Å². The van der Waals surface area contributed by atoms with Crippen LogP contribution in [0.5, 0.6) is 0 Å². The number of rotatable bonds is 8. The molecule has 2 rings (SSSR count). The minimum absolute atomic E-state index is 0.643. The number of aromatic nitrogens is 1. The van der Waals surface area contributed by atoms with E-state index in [2.05, 4.69) is 42.7 Å². The second-order valence-corrected chi connectivity index (χ2v) is 5.62. The van der Waals surface area contributed by atoms with E-state index in [4.69, 9.17) is 9.72 Å². The van der Waals surface area contributed by atoms with Gasteiger partial charge in [0, 0.05) is 31.3 Å². The number of hydrogen-bond acceptors (Lipinski definition) is 4. The van der Waals surface area contributed by atoms with Gasteiger partial charge in [0.25, 0.3) is 0 Å². The normalized spacial score (nSPS) is 11.2. The highest BCUT2D eigenvalue weighted by Gasteiger charge is 2.05. The topological polar surface area (TPSA) is 46.2 Å². The number of fused-ring (bicyclic) bond motifs is 1.